The fraction of sp³-hybridized carbons (Fsp3) is 0.417. The number of hydrogen-bond acceptors (Lipinski definition) is 2. The number of carbonyl (C=O) groups excluding carboxylic acids is 1. The first-order valence-electron chi connectivity index (χ1n) is 5.20. The molecule has 1 nitrogen and oxygen atoms in total. The number of ketones is 1. The Morgan fingerprint density at radius 1 is 1.33 bits per heavy atom. The van der Waals surface area contributed by atoms with Gasteiger partial charge in [0.15, 0.2) is 5.78 Å². The van der Waals surface area contributed by atoms with Crippen molar-refractivity contribution in [3.63, 3.8) is 0 Å². The van der Waals surface area contributed by atoms with Gasteiger partial charge in [-0.2, -0.15) is 0 Å². The summed E-state index contributed by atoms with van der Waals surface area (Å²) in [5.41, 5.74) is 1.24. The zero-order chi connectivity index (χ0) is 10.7. The Morgan fingerprint density at radius 2 is 2.13 bits per heavy atom. The van der Waals surface area contributed by atoms with E-state index in [-0.39, 0.29) is 5.78 Å². The molecule has 0 saturated heterocycles. The van der Waals surface area contributed by atoms with Crippen LogP contribution in [0.5, 0.6) is 0 Å². The van der Waals surface area contributed by atoms with Crippen LogP contribution in [0, 0.1) is 0 Å². The molecular formula is C12H13ClOS. The summed E-state index contributed by atoms with van der Waals surface area (Å²) < 4.78 is 0. The molecule has 0 N–H and O–H groups in total. The molecule has 0 atom stereocenters. The maximum atomic E-state index is 11.4. The zero-order valence-electron chi connectivity index (χ0n) is 8.46. The number of halogens is 1. The number of rotatable bonds is 2. The Bertz CT molecular complexity index is 392. The molecule has 2 rings (SSSR count). The van der Waals surface area contributed by atoms with Crippen molar-refractivity contribution in [2.75, 3.05) is 0 Å². The minimum atomic E-state index is 0.273. The second-order valence-corrected chi connectivity index (χ2v) is 5.25. The van der Waals surface area contributed by atoms with Gasteiger partial charge in [0.1, 0.15) is 0 Å². The van der Waals surface area contributed by atoms with Gasteiger partial charge in [-0.15, -0.1) is 11.3 Å². The standard InChI is InChI=1S/C12H13ClOS/c13-11-5-6-15-12(11)8-9-3-1-2-4-10(14)7-9/h5-7H,1-4,8H2. The molecule has 0 aliphatic heterocycles. The summed E-state index contributed by atoms with van der Waals surface area (Å²) in [6.45, 7) is 0. The van der Waals surface area contributed by atoms with Gasteiger partial charge in [0.05, 0.1) is 5.02 Å². The largest absolute Gasteiger partial charge is 0.295 e. The molecule has 0 spiro atoms. The molecule has 15 heavy (non-hydrogen) atoms. The lowest BCUT2D eigenvalue weighted by molar-refractivity contribution is -0.114. The van der Waals surface area contributed by atoms with E-state index in [4.69, 9.17) is 11.6 Å². The van der Waals surface area contributed by atoms with Crippen LogP contribution in [-0.4, -0.2) is 5.78 Å². The Kier molecular flexibility index (Phi) is 3.60. The first kappa shape index (κ1) is 10.9. The summed E-state index contributed by atoms with van der Waals surface area (Å²) in [6.07, 6.45) is 6.57. The predicted molar refractivity (Wildman–Crippen MR) is 64.6 cm³/mol. The van der Waals surface area contributed by atoms with Crippen LogP contribution in [-0.2, 0) is 11.2 Å². The van der Waals surface area contributed by atoms with Crippen LogP contribution in [0.15, 0.2) is 23.1 Å². The van der Waals surface area contributed by atoms with Crippen LogP contribution in [0.2, 0.25) is 5.02 Å². The number of allylic oxidation sites excluding steroid dienone is 2. The Balaban J connectivity index is 2.11. The molecule has 80 valence electrons. The first-order chi connectivity index (χ1) is 7.25. The van der Waals surface area contributed by atoms with Gasteiger partial charge in [0.2, 0.25) is 0 Å². The summed E-state index contributed by atoms with van der Waals surface area (Å²) in [7, 11) is 0. The maximum absolute atomic E-state index is 11.4. The molecule has 0 bridgehead atoms. The van der Waals surface area contributed by atoms with E-state index in [0.29, 0.717) is 6.42 Å². The molecule has 1 aliphatic carbocycles. The average Bonchev–Trinajstić information content (AvgIpc) is 2.48. The monoisotopic (exact) mass is 240 g/mol. The van der Waals surface area contributed by atoms with Crippen LogP contribution in [0.1, 0.15) is 30.6 Å². The van der Waals surface area contributed by atoms with Gasteiger partial charge in [0, 0.05) is 17.7 Å². The van der Waals surface area contributed by atoms with E-state index in [2.05, 4.69) is 0 Å². The molecule has 1 aromatic heterocycles. The molecule has 0 saturated carbocycles. The van der Waals surface area contributed by atoms with Gasteiger partial charge in [-0.05, 0) is 36.8 Å². The first-order valence-corrected chi connectivity index (χ1v) is 6.45. The summed E-state index contributed by atoms with van der Waals surface area (Å²) in [5, 5.41) is 2.83. The van der Waals surface area contributed by atoms with Crippen LogP contribution in [0.3, 0.4) is 0 Å². The van der Waals surface area contributed by atoms with Gasteiger partial charge in [-0.3, -0.25) is 4.79 Å². The van der Waals surface area contributed by atoms with E-state index < -0.39 is 0 Å². The molecule has 1 aromatic rings. The van der Waals surface area contributed by atoms with Crippen molar-refractivity contribution in [3.05, 3.63) is 33.0 Å². The molecule has 1 aliphatic rings. The lowest BCUT2D eigenvalue weighted by atomic mass is 10.1. The van der Waals surface area contributed by atoms with Gasteiger partial charge in [0.25, 0.3) is 0 Å². The minimum Gasteiger partial charge on any atom is -0.295 e. The fourth-order valence-electron chi connectivity index (χ4n) is 1.82. The summed E-state index contributed by atoms with van der Waals surface area (Å²) in [5.74, 6) is 0.273. The highest BCUT2D eigenvalue weighted by Gasteiger charge is 2.11. The van der Waals surface area contributed by atoms with Crippen molar-refractivity contribution in [1.29, 1.82) is 0 Å². The lowest BCUT2D eigenvalue weighted by Gasteiger charge is -2.02. The Morgan fingerprint density at radius 3 is 2.87 bits per heavy atom. The normalized spacial score (nSPS) is 17.4. The van der Waals surface area contributed by atoms with E-state index in [9.17, 15) is 4.79 Å². The molecule has 1 heterocycles. The second-order valence-electron chi connectivity index (χ2n) is 3.84. The third-order valence-electron chi connectivity index (χ3n) is 2.61. The van der Waals surface area contributed by atoms with Crippen molar-refractivity contribution < 1.29 is 4.79 Å². The molecule has 0 aromatic carbocycles. The van der Waals surface area contributed by atoms with E-state index >= 15 is 0 Å². The molecular weight excluding hydrogens is 228 g/mol. The van der Waals surface area contributed by atoms with Crippen LogP contribution in [0.25, 0.3) is 0 Å². The van der Waals surface area contributed by atoms with Crippen molar-refractivity contribution in [3.8, 4) is 0 Å². The Hall–Kier alpha value is -0.600. The maximum Gasteiger partial charge on any atom is 0.155 e. The van der Waals surface area contributed by atoms with Crippen molar-refractivity contribution in [1.82, 2.24) is 0 Å². The van der Waals surface area contributed by atoms with Gasteiger partial charge >= 0.3 is 0 Å². The summed E-state index contributed by atoms with van der Waals surface area (Å²) in [4.78, 5) is 12.6. The smallest absolute Gasteiger partial charge is 0.155 e. The quantitative estimate of drug-likeness (QED) is 0.763. The lowest BCUT2D eigenvalue weighted by Crippen LogP contribution is -1.92. The summed E-state index contributed by atoms with van der Waals surface area (Å²) in [6, 6.07) is 1.92. The highest BCUT2D eigenvalue weighted by Crippen LogP contribution is 2.27. The van der Waals surface area contributed by atoms with Gasteiger partial charge in [-0.1, -0.05) is 17.2 Å². The molecule has 0 fully saturated rings. The topological polar surface area (TPSA) is 17.1 Å². The minimum absolute atomic E-state index is 0.273. The molecule has 3 heteroatoms. The third kappa shape index (κ3) is 2.93. The van der Waals surface area contributed by atoms with Crippen molar-refractivity contribution >= 4 is 28.7 Å². The van der Waals surface area contributed by atoms with E-state index in [1.165, 1.54) is 10.5 Å². The number of carbonyl (C=O) groups is 1. The van der Waals surface area contributed by atoms with E-state index in [1.807, 2.05) is 17.5 Å². The highest BCUT2D eigenvalue weighted by molar-refractivity contribution is 7.10. The van der Waals surface area contributed by atoms with Crippen molar-refractivity contribution in [2.24, 2.45) is 0 Å². The van der Waals surface area contributed by atoms with Gasteiger partial charge in [-0.25, -0.2) is 0 Å². The highest BCUT2D eigenvalue weighted by atomic mass is 35.5. The fourth-order valence-corrected chi connectivity index (χ4v) is 2.98. The van der Waals surface area contributed by atoms with Crippen LogP contribution < -0.4 is 0 Å². The third-order valence-corrected chi connectivity index (χ3v) is 4.00. The number of thiophene rings is 1. The molecule has 0 radical (unpaired) electrons. The average molecular weight is 241 g/mol. The predicted octanol–water partition coefficient (Wildman–Crippen LogP) is 4.01. The molecule has 0 unspecified atom stereocenters. The summed E-state index contributed by atoms with van der Waals surface area (Å²) >= 11 is 7.70. The van der Waals surface area contributed by atoms with E-state index in [1.54, 1.807) is 11.3 Å². The van der Waals surface area contributed by atoms with Gasteiger partial charge < -0.3 is 0 Å². The Labute approximate surface area is 98.8 Å². The SMILES string of the molecule is O=C1C=C(Cc2sccc2Cl)CCCC1. The number of hydrogen-bond donors (Lipinski definition) is 0. The molecule has 0 amide bonds. The van der Waals surface area contributed by atoms with Crippen molar-refractivity contribution in [2.45, 2.75) is 32.1 Å². The van der Waals surface area contributed by atoms with Crippen LogP contribution >= 0.6 is 22.9 Å². The van der Waals surface area contributed by atoms with Crippen LogP contribution in [0.4, 0.5) is 0 Å². The van der Waals surface area contributed by atoms with E-state index in [0.717, 1.165) is 30.7 Å². The second kappa shape index (κ2) is 4.95. The zero-order valence-corrected chi connectivity index (χ0v) is 10.0.